The Labute approximate surface area is 105 Å². The van der Waals surface area contributed by atoms with E-state index in [0.29, 0.717) is 6.61 Å². The van der Waals surface area contributed by atoms with Crippen molar-refractivity contribution in [2.45, 2.75) is 58.2 Å². The Bertz CT molecular complexity index is 283. The fraction of sp³-hybridized carbons (Fsp3) is 0.917. The van der Waals surface area contributed by atoms with Gasteiger partial charge >= 0.3 is 0 Å². The molecule has 17 heavy (non-hydrogen) atoms. The van der Waals surface area contributed by atoms with E-state index in [0.717, 1.165) is 0 Å². The molecule has 1 fully saturated rings. The van der Waals surface area contributed by atoms with Gasteiger partial charge in [0, 0.05) is 0 Å². The second kappa shape index (κ2) is 5.18. The summed E-state index contributed by atoms with van der Waals surface area (Å²) in [5.41, 5.74) is 0. The van der Waals surface area contributed by atoms with Crippen LogP contribution >= 0.6 is 0 Å². The maximum Gasteiger partial charge on any atom is 0.192 e. The number of carbonyl (C=O) groups is 1. The monoisotopic (exact) mass is 260 g/mol. The highest BCUT2D eigenvalue weighted by molar-refractivity contribution is 6.74. The molecular formula is C12H24O4Si. The molecule has 0 bridgehead atoms. The third-order valence-corrected chi connectivity index (χ3v) is 8.08. The maximum atomic E-state index is 11.6. The van der Waals surface area contributed by atoms with Crippen LogP contribution in [0.25, 0.3) is 0 Å². The van der Waals surface area contributed by atoms with Crippen LogP contribution in [0.4, 0.5) is 0 Å². The summed E-state index contributed by atoms with van der Waals surface area (Å²) in [6, 6.07) is 0. The molecule has 4 nitrogen and oxygen atoms in total. The molecule has 2 unspecified atom stereocenters. The third kappa shape index (κ3) is 3.88. The molecule has 1 rings (SSSR count). The predicted molar refractivity (Wildman–Crippen MR) is 68.4 cm³/mol. The molecule has 5 heteroatoms. The van der Waals surface area contributed by atoms with Gasteiger partial charge in [0.2, 0.25) is 0 Å². The third-order valence-electron chi connectivity index (χ3n) is 3.58. The van der Waals surface area contributed by atoms with E-state index in [4.69, 9.17) is 13.9 Å². The summed E-state index contributed by atoms with van der Waals surface area (Å²) in [5.74, 6) is -0.0261. The van der Waals surface area contributed by atoms with Crippen LogP contribution in [0.3, 0.4) is 0 Å². The van der Waals surface area contributed by atoms with E-state index >= 15 is 0 Å². The van der Waals surface area contributed by atoms with Gasteiger partial charge < -0.3 is 13.9 Å². The number of carbonyl (C=O) groups excluding carboxylic acids is 1. The van der Waals surface area contributed by atoms with Gasteiger partial charge in [-0.3, -0.25) is 4.79 Å². The standard InChI is InChI=1S/C12H24O4Si/c1-9-14-7-10(13)11(16-9)8-15-17(5,6)12(2,3)4/h9,11H,7-8H2,1-6H3. The van der Waals surface area contributed by atoms with Gasteiger partial charge in [-0.1, -0.05) is 20.8 Å². The highest BCUT2D eigenvalue weighted by atomic mass is 28.4. The quantitative estimate of drug-likeness (QED) is 0.731. The lowest BCUT2D eigenvalue weighted by molar-refractivity contribution is -0.206. The average molecular weight is 260 g/mol. The van der Waals surface area contributed by atoms with E-state index < -0.39 is 14.4 Å². The van der Waals surface area contributed by atoms with Crippen LogP contribution in [0.2, 0.25) is 18.1 Å². The van der Waals surface area contributed by atoms with Crippen LogP contribution in [0, 0.1) is 0 Å². The van der Waals surface area contributed by atoms with Crippen LogP contribution < -0.4 is 0 Å². The number of Topliss-reactive ketones (excluding diaryl/α,β-unsaturated/α-hetero) is 1. The average Bonchev–Trinajstić information content (AvgIpc) is 2.18. The molecule has 0 aromatic carbocycles. The first-order valence-corrected chi connectivity index (χ1v) is 8.98. The molecule has 0 spiro atoms. The minimum absolute atomic E-state index is 0.0261. The van der Waals surface area contributed by atoms with Crippen LogP contribution in [0.1, 0.15) is 27.7 Å². The fourth-order valence-electron chi connectivity index (χ4n) is 1.27. The largest absolute Gasteiger partial charge is 0.414 e. The van der Waals surface area contributed by atoms with Gasteiger partial charge in [0.05, 0.1) is 6.61 Å². The van der Waals surface area contributed by atoms with Crippen molar-refractivity contribution in [2.24, 2.45) is 0 Å². The SMILES string of the molecule is CC1OCC(=O)C(CO[Si](C)(C)C(C)(C)C)O1. The molecule has 100 valence electrons. The zero-order valence-corrected chi connectivity index (χ0v) is 12.7. The van der Waals surface area contributed by atoms with Crippen LogP contribution in [0.15, 0.2) is 0 Å². The first-order valence-electron chi connectivity index (χ1n) is 6.07. The molecule has 0 radical (unpaired) electrons. The topological polar surface area (TPSA) is 44.8 Å². The van der Waals surface area contributed by atoms with Gasteiger partial charge in [-0.05, 0) is 25.1 Å². The summed E-state index contributed by atoms with van der Waals surface area (Å²) in [6.07, 6.45) is -0.784. The van der Waals surface area contributed by atoms with Crippen LogP contribution in [-0.4, -0.2) is 39.7 Å². The summed E-state index contributed by atoms with van der Waals surface area (Å²) in [6.45, 7) is 13.1. The first kappa shape index (κ1) is 14.8. The van der Waals surface area contributed by atoms with Crippen molar-refractivity contribution in [1.29, 1.82) is 0 Å². The second-order valence-corrected chi connectivity index (χ2v) is 10.9. The van der Waals surface area contributed by atoms with Crippen molar-refractivity contribution in [1.82, 2.24) is 0 Å². The van der Waals surface area contributed by atoms with Gasteiger partial charge in [-0.25, -0.2) is 0 Å². The number of hydrogen-bond donors (Lipinski definition) is 0. The Hall–Kier alpha value is -0.233. The number of hydrogen-bond acceptors (Lipinski definition) is 4. The van der Waals surface area contributed by atoms with Crippen LogP contribution in [0.5, 0.6) is 0 Å². The number of ketones is 1. The molecule has 1 aliphatic rings. The van der Waals surface area contributed by atoms with Gasteiger partial charge in [0.25, 0.3) is 0 Å². The molecule has 1 aliphatic heterocycles. The number of rotatable bonds is 3. The van der Waals surface area contributed by atoms with Gasteiger partial charge in [-0.15, -0.1) is 0 Å². The van der Waals surface area contributed by atoms with Crippen molar-refractivity contribution in [3.8, 4) is 0 Å². The predicted octanol–water partition coefficient (Wildman–Crippen LogP) is 2.34. The summed E-state index contributed by atoms with van der Waals surface area (Å²) in [4.78, 5) is 11.6. The van der Waals surface area contributed by atoms with E-state index in [9.17, 15) is 4.79 Å². The van der Waals surface area contributed by atoms with E-state index in [1.165, 1.54) is 0 Å². The smallest absolute Gasteiger partial charge is 0.192 e. The molecule has 0 aliphatic carbocycles. The van der Waals surface area contributed by atoms with Crippen molar-refractivity contribution < 1.29 is 18.7 Å². The lowest BCUT2D eigenvalue weighted by Gasteiger charge is -2.37. The van der Waals surface area contributed by atoms with E-state index in [2.05, 4.69) is 33.9 Å². The normalized spacial score (nSPS) is 27.3. The second-order valence-electron chi connectivity index (χ2n) is 6.04. The summed E-state index contributed by atoms with van der Waals surface area (Å²) in [5, 5.41) is 0.146. The Morgan fingerprint density at radius 2 is 2.00 bits per heavy atom. The minimum atomic E-state index is -1.81. The zero-order valence-electron chi connectivity index (χ0n) is 11.7. The molecule has 0 N–H and O–H groups in total. The highest BCUT2D eigenvalue weighted by Crippen LogP contribution is 2.36. The molecule has 0 saturated carbocycles. The van der Waals surface area contributed by atoms with E-state index in [-0.39, 0.29) is 23.7 Å². The molecule has 1 heterocycles. The lowest BCUT2D eigenvalue weighted by Crippen LogP contribution is -2.47. The molecule has 0 aromatic heterocycles. The Morgan fingerprint density at radius 3 is 2.53 bits per heavy atom. The van der Waals surface area contributed by atoms with Crippen molar-refractivity contribution in [2.75, 3.05) is 13.2 Å². The summed E-state index contributed by atoms with van der Waals surface area (Å²) in [7, 11) is -1.81. The summed E-state index contributed by atoms with van der Waals surface area (Å²) >= 11 is 0. The summed E-state index contributed by atoms with van der Waals surface area (Å²) < 4.78 is 16.5. The van der Waals surface area contributed by atoms with Crippen molar-refractivity contribution in [3.05, 3.63) is 0 Å². The van der Waals surface area contributed by atoms with E-state index in [1.54, 1.807) is 6.92 Å². The molecule has 0 aromatic rings. The minimum Gasteiger partial charge on any atom is -0.414 e. The van der Waals surface area contributed by atoms with Gasteiger partial charge in [0.15, 0.2) is 20.4 Å². The zero-order chi connectivity index (χ0) is 13.3. The van der Waals surface area contributed by atoms with Crippen LogP contribution in [-0.2, 0) is 18.7 Å². The molecular weight excluding hydrogens is 236 g/mol. The number of ether oxygens (including phenoxy) is 2. The lowest BCUT2D eigenvalue weighted by atomic mass is 10.2. The Balaban J connectivity index is 2.52. The Kier molecular flexibility index (Phi) is 4.52. The molecule has 2 atom stereocenters. The van der Waals surface area contributed by atoms with Crippen molar-refractivity contribution >= 4 is 14.1 Å². The molecule has 1 saturated heterocycles. The first-order chi connectivity index (χ1) is 7.63. The molecule has 0 amide bonds. The Morgan fingerprint density at radius 1 is 1.41 bits per heavy atom. The van der Waals surface area contributed by atoms with Gasteiger partial charge in [0.1, 0.15) is 12.7 Å². The van der Waals surface area contributed by atoms with E-state index in [1.807, 2.05) is 0 Å². The highest BCUT2D eigenvalue weighted by Gasteiger charge is 2.39. The maximum absolute atomic E-state index is 11.6. The fourth-order valence-corrected chi connectivity index (χ4v) is 2.27. The van der Waals surface area contributed by atoms with Crippen molar-refractivity contribution in [3.63, 3.8) is 0 Å². The van der Waals surface area contributed by atoms with Gasteiger partial charge in [-0.2, -0.15) is 0 Å².